The highest BCUT2D eigenvalue weighted by molar-refractivity contribution is 14.0. The number of nitrogens with zero attached hydrogens (tertiary/aromatic N) is 1. The third-order valence-electron chi connectivity index (χ3n) is 3.29. The fourth-order valence-corrected chi connectivity index (χ4v) is 3.64. The topological polar surface area (TPSA) is 82.6 Å². The summed E-state index contributed by atoms with van der Waals surface area (Å²) in [6, 6.07) is 11.5. The van der Waals surface area contributed by atoms with Crippen molar-refractivity contribution in [3.63, 3.8) is 0 Å². The zero-order valence-corrected chi connectivity index (χ0v) is 19.0. The lowest BCUT2D eigenvalue weighted by atomic mass is 10.2. The van der Waals surface area contributed by atoms with Gasteiger partial charge in [-0.15, -0.1) is 35.3 Å². The summed E-state index contributed by atoms with van der Waals surface area (Å²) in [4.78, 5) is 7.08. The molecule has 0 aliphatic heterocycles. The molecule has 1 heterocycles. The second-order valence-electron chi connectivity index (χ2n) is 5.59. The summed E-state index contributed by atoms with van der Waals surface area (Å²) in [5, 5.41) is 6.50. The number of thiophene rings is 1. The number of hydrogen-bond acceptors (Lipinski definition) is 4. The van der Waals surface area contributed by atoms with Crippen LogP contribution < -0.4 is 15.4 Å². The van der Waals surface area contributed by atoms with E-state index in [4.69, 9.17) is 0 Å². The zero-order valence-electron chi connectivity index (χ0n) is 15.1. The number of halogens is 1. The van der Waals surface area contributed by atoms with Crippen molar-refractivity contribution < 1.29 is 8.42 Å². The van der Waals surface area contributed by atoms with Crippen LogP contribution in [0, 0.1) is 6.92 Å². The predicted molar refractivity (Wildman–Crippen MR) is 121 cm³/mol. The fourth-order valence-electron chi connectivity index (χ4n) is 2.21. The molecule has 0 saturated heterocycles. The van der Waals surface area contributed by atoms with Crippen molar-refractivity contribution in [1.29, 1.82) is 0 Å². The second-order valence-corrected chi connectivity index (χ2v) is 8.71. The van der Waals surface area contributed by atoms with Crippen molar-refractivity contribution in [2.75, 3.05) is 17.5 Å². The van der Waals surface area contributed by atoms with E-state index in [1.807, 2.05) is 19.1 Å². The molecule has 1 aromatic heterocycles. The minimum Gasteiger partial charge on any atom is -0.357 e. The van der Waals surface area contributed by atoms with Crippen LogP contribution >= 0.6 is 35.3 Å². The molecular formula is C17H25IN4O2S2. The lowest BCUT2D eigenvalue weighted by Gasteiger charge is -2.12. The molecule has 0 spiro atoms. The lowest BCUT2D eigenvalue weighted by Crippen LogP contribution is -2.36. The van der Waals surface area contributed by atoms with Crippen LogP contribution in [0.1, 0.15) is 22.2 Å². The molecule has 0 amide bonds. The quantitative estimate of drug-likeness (QED) is 0.305. The first kappa shape index (κ1) is 22.7. The maximum Gasteiger partial charge on any atom is 0.229 e. The van der Waals surface area contributed by atoms with Crippen molar-refractivity contribution >= 4 is 57.0 Å². The average Bonchev–Trinajstić information content (AvgIpc) is 2.95. The minimum atomic E-state index is -3.32. The van der Waals surface area contributed by atoms with Gasteiger partial charge in [0.05, 0.1) is 25.0 Å². The van der Waals surface area contributed by atoms with Gasteiger partial charge >= 0.3 is 0 Å². The van der Waals surface area contributed by atoms with Gasteiger partial charge in [0.15, 0.2) is 5.96 Å². The van der Waals surface area contributed by atoms with Gasteiger partial charge in [-0.25, -0.2) is 13.4 Å². The van der Waals surface area contributed by atoms with Gasteiger partial charge in [0.2, 0.25) is 10.0 Å². The second kappa shape index (κ2) is 10.7. The number of sulfonamides is 1. The van der Waals surface area contributed by atoms with Crippen molar-refractivity contribution in [3.05, 3.63) is 51.7 Å². The van der Waals surface area contributed by atoms with Crippen molar-refractivity contribution in [1.82, 2.24) is 10.6 Å². The molecule has 0 aliphatic carbocycles. The summed E-state index contributed by atoms with van der Waals surface area (Å²) < 4.78 is 25.5. The van der Waals surface area contributed by atoms with E-state index < -0.39 is 10.0 Å². The summed E-state index contributed by atoms with van der Waals surface area (Å²) in [5.74, 6) is 0.697. The number of hydrogen-bond donors (Lipinski definition) is 3. The Morgan fingerprint density at radius 1 is 1.15 bits per heavy atom. The number of rotatable bonds is 7. The van der Waals surface area contributed by atoms with Gasteiger partial charge in [-0.3, -0.25) is 4.72 Å². The molecule has 0 fully saturated rings. The van der Waals surface area contributed by atoms with Gasteiger partial charge in [0, 0.05) is 16.3 Å². The number of para-hydroxylation sites is 1. The lowest BCUT2D eigenvalue weighted by molar-refractivity contribution is 0.606. The minimum absolute atomic E-state index is 0. The highest BCUT2D eigenvalue weighted by atomic mass is 127. The van der Waals surface area contributed by atoms with Crippen LogP contribution in [0.4, 0.5) is 5.69 Å². The van der Waals surface area contributed by atoms with Crippen LogP contribution in [0.3, 0.4) is 0 Å². The number of nitrogens with one attached hydrogen (secondary N) is 3. The molecule has 0 unspecified atom stereocenters. The van der Waals surface area contributed by atoms with Crippen molar-refractivity contribution in [2.24, 2.45) is 4.99 Å². The van der Waals surface area contributed by atoms with Crippen LogP contribution in [0.25, 0.3) is 0 Å². The Morgan fingerprint density at radius 2 is 1.88 bits per heavy atom. The molecule has 2 aromatic rings. The largest absolute Gasteiger partial charge is 0.357 e. The van der Waals surface area contributed by atoms with Crippen LogP contribution in [-0.4, -0.2) is 27.2 Å². The fraction of sp³-hybridized carbons (Fsp3) is 0.353. The van der Waals surface area contributed by atoms with Crippen LogP contribution in [-0.2, 0) is 23.1 Å². The Balaban J connectivity index is 0.00000338. The molecule has 2 rings (SSSR count). The van der Waals surface area contributed by atoms with Gasteiger partial charge in [-0.2, -0.15) is 0 Å². The molecule has 1 aromatic carbocycles. The highest BCUT2D eigenvalue weighted by Gasteiger charge is 2.07. The highest BCUT2D eigenvalue weighted by Crippen LogP contribution is 2.17. The summed E-state index contributed by atoms with van der Waals surface area (Å²) >= 11 is 1.75. The average molecular weight is 508 g/mol. The molecule has 0 saturated carbocycles. The Kier molecular flexibility index (Phi) is 9.37. The molecule has 9 heteroatoms. The summed E-state index contributed by atoms with van der Waals surface area (Å²) in [6.45, 7) is 5.91. The smallest absolute Gasteiger partial charge is 0.229 e. The first-order chi connectivity index (χ1) is 11.9. The van der Waals surface area contributed by atoms with E-state index in [0.717, 1.165) is 18.4 Å². The van der Waals surface area contributed by atoms with Crippen molar-refractivity contribution in [3.8, 4) is 0 Å². The summed E-state index contributed by atoms with van der Waals surface area (Å²) in [5.41, 5.74) is 1.37. The first-order valence-corrected chi connectivity index (χ1v) is 10.7. The van der Waals surface area contributed by atoms with E-state index in [0.29, 0.717) is 24.7 Å². The molecule has 3 N–H and O–H groups in total. The number of aryl methyl sites for hydroxylation is 1. The molecule has 0 bridgehead atoms. The van der Waals surface area contributed by atoms with E-state index in [-0.39, 0.29) is 24.0 Å². The molecule has 6 nitrogen and oxygen atoms in total. The van der Waals surface area contributed by atoms with Crippen LogP contribution in [0.15, 0.2) is 41.4 Å². The summed E-state index contributed by atoms with van der Waals surface area (Å²) in [7, 11) is -3.32. The van der Waals surface area contributed by atoms with E-state index in [1.165, 1.54) is 9.75 Å². The van der Waals surface area contributed by atoms with Gasteiger partial charge in [0.25, 0.3) is 0 Å². The normalized spacial score (nSPS) is 11.6. The SMILES string of the molecule is CCNC(=NCc1ccccc1NS(C)(=O)=O)NCc1ccc(C)s1.I. The van der Waals surface area contributed by atoms with Gasteiger partial charge in [-0.1, -0.05) is 18.2 Å². The maximum atomic E-state index is 11.5. The summed E-state index contributed by atoms with van der Waals surface area (Å²) in [6.07, 6.45) is 1.14. The third kappa shape index (κ3) is 7.92. The molecule has 144 valence electrons. The Bertz CT molecular complexity index is 835. The Hall–Kier alpha value is -1.33. The number of aliphatic imine (C=N–C) groups is 1. The van der Waals surface area contributed by atoms with Gasteiger partial charge in [0.1, 0.15) is 0 Å². The van der Waals surface area contributed by atoms with E-state index in [2.05, 4.69) is 39.4 Å². The van der Waals surface area contributed by atoms with Crippen molar-refractivity contribution in [2.45, 2.75) is 26.9 Å². The third-order valence-corrected chi connectivity index (χ3v) is 4.88. The van der Waals surface area contributed by atoms with Crippen LogP contribution in [0.2, 0.25) is 0 Å². The molecule has 0 atom stereocenters. The first-order valence-electron chi connectivity index (χ1n) is 8.00. The molecule has 0 radical (unpaired) electrons. The molecular weight excluding hydrogens is 483 g/mol. The number of guanidine groups is 1. The van der Waals surface area contributed by atoms with Gasteiger partial charge < -0.3 is 10.6 Å². The number of anilines is 1. The molecule has 26 heavy (non-hydrogen) atoms. The Labute approximate surface area is 176 Å². The maximum absolute atomic E-state index is 11.5. The monoisotopic (exact) mass is 508 g/mol. The molecule has 0 aliphatic rings. The standard InChI is InChI=1S/C17H24N4O2S2.HI/c1-4-18-17(20-12-15-10-9-13(2)24-15)19-11-14-7-5-6-8-16(14)21-25(3,22)23;/h5-10,21H,4,11-12H2,1-3H3,(H2,18,19,20);1H. The van der Waals surface area contributed by atoms with Crippen LogP contribution in [0.5, 0.6) is 0 Å². The number of benzene rings is 1. The van der Waals surface area contributed by atoms with E-state index in [9.17, 15) is 8.42 Å². The predicted octanol–water partition coefficient (Wildman–Crippen LogP) is 3.30. The Morgan fingerprint density at radius 3 is 2.50 bits per heavy atom. The van der Waals surface area contributed by atoms with E-state index >= 15 is 0 Å². The zero-order chi connectivity index (χ0) is 18.3. The van der Waals surface area contributed by atoms with E-state index in [1.54, 1.807) is 23.5 Å². The van der Waals surface area contributed by atoms with Gasteiger partial charge in [-0.05, 0) is 37.6 Å².